The molecule has 0 bridgehead atoms. The highest BCUT2D eigenvalue weighted by molar-refractivity contribution is 6.76. The van der Waals surface area contributed by atoms with Crippen molar-refractivity contribution in [3.63, 3.8) is 0 Å². The Morgan fingerprint density at radius 1 is 1.16 bits per heavy atom. The lowest BCUT2D eigenvalue weighted by atomic mass is 10.2. The highest BCUT2D eigenvalue weighted by Gasteiger charge is 2.20. The molecule has 9 nitrogen and oxygen atoms in total. The van der Waals surface area contributed by atoms with Crippen molar-refractivity contribution < 1.29 is 23.0 Å². The number of halogens is 3. The van der Waals surface area contributed by atoms with Crippen LogP contribution in [0.25, 0.3) is 11.0 Å². The summed E-state index contributed by atoms with van der Waals surface area (Å²) >= 11 is 6.43. The Hall–Kier alpha value is -3.61. The molecular formula is C25H27ClF2N6O3Si. The van der Waals surface area contributed by atoms with Crippen LogP contribution in [0.5, 0.6) is 11.5 Å². The quantitative estimate of drug-likeness (QED) is 0.172. The van der Waals surface area contributed by atoms with Gasteiger partial charge in [0.15, 0.2) is 23.2 Å². The SMILES string of the molecule is Cc1cnnc(NC(=O)Nc2cc(F)c(Oc3ccnc4c3c(Cl)cn4COCC[Si](C)(C)C)c(F)c2)c1. The van der Waals surface area contributed by atoms with Gasteiger partial charge < -0.3 is 19.4 Å². The molecule has 0 aliphatic heterocycles. The first-order valence-corrected chi connectivity index (χ1v) is 15.8. The van der Waals surface area contributed by atoms with E-state index in [4.69, 9.17) is 21.1 Å². The van der Waals surface area contributed by atoms with Crippen molar-refractivity contribution in [3.05, 3.63) is 65.1 Å². The van der Waals surface area contributed by atoms with Crippen molar-refractivity contribution in [1.82, 2.24) is 19.7 Å². The summed E-state index contributed by atoms with van der Waals surface area (Å²) in [5, 5.41) is 13.0. The number of urea groups is 1. The number of benzene rings is 1. The third kappa shape index (κ3) is 6.82. The lowest BCUT2D eigenvalue weighted by molar-refractivity contribution is 0.0899. The number of nitrogens with one attached hydrogen (secondary N) is 2. The standard InChI is InChI=1S/C25H27ClF2N6O3Si/c1-15-9-21(33-30-12-15)32-25(35)31-16-10-18(27)23(19(28)11-16)37-20-5-6-29-24-22(20)17(26)13-34(24)14-36-7-8-38(2,3)4/h5-6,9-13H,7-8,14H2,1-4H3,(H2,31,32,33,35). The number of fused-ring (bicyclic) bond motifs is 1. The van der Waals surface area contributed by atoms with E-state index in [2.05, 4.69) is 45.5 Å². The average Bonchev–Trinajstić information content (AvgIpc) is 3.14. The van der Waals surface area contributed by atoms with Gasteiger partial charge in [0.05, 0.1) is 16.6 Å². The summed E-state index contributed by atoms with van der Waals surface area (Å²) in [5.74, 6) is -2.38. The van der Waals surface area contributed by atoms with E-state index in [1.54, 1.807) is 23.8 Å². The minimum Gasteiger partial charge on any atom is -0.450 e. The molecule has 3 heterocycles. The third-order valence-electron chi connectivity index (χ3n) is 5.40. The molecule has 0 unspecified atom stereocenters. The normalized spacial score (nSPS) is 11.6. The predicted molar refractivity (Wildman–Crippen MR) is 145 cm³/mol. The second-order valence-electron chi connectivity index (χ2n) is 9.87. The molecule has 1 aromatic carbocycles. The molecule has 38 heavy (non-hydrogen) atoms. The fraction of sp³-hybridized carbons (Fsp3) is 0.280. The van der Waals surface area contributed by atoms with Gasteiger partial charge in [-0.1, -0.05) is 31.2 Å². The summed E-state index contributed by atoms with van der Waals surface area (Å²) in [6, 6.07) is 5.21. The first kappa shape index (κ1) is 27.4. The van der Waals surface area contributed by atoms with E-state index in [9.17, 15) is 13.6 Å². The van der Waals surface area contributed by atoms with E-state index in [0.29, 0.717) is 22.7 Å². The fourth-order valence-electron chi connectivity index (χ4n) is 3.51. The van der Waals surface area contributed by atoms with Gasteiger partial charge in [-0.15, -0.1) is 5.10 Å². The highest BCUT2D eigenvalue weighted by Crippen LogP contribution is 2.37. The van der Waals surface area contributed by atoms with Crippen molar-refractivity contribution in [3.8, 4) is 11.5 Å². The molecule has 0 fully saturated rings. The second kappa shape index (κ2) is 11.4. The first-order chi connectivity index (χ1) is 18.0. The van der Waals surface area contributed by atoms with Gasteiger partial charge in [0.25, 0.3) is 0 Å². The highest BCUT2D eigenvalue weighted by atomic mass is 35.5. The lowest BCUT2D eigenvalue weighted by Crippen LogP contribution is -2.22. The molecule has 13 heteroatoms. The average molecular weight is 561 g/mol. The summed E-state index contributed by atoms with van der Waals surface area (Å²) in [5.41, 5.74) is 1.12. The molecule has 0 radical (unpaired) electrons. The van der Waals surface area contributed by atoms with E-state index in [1.807, 2.05) is 0 Å². The molecule has 0 saturated carbocycles. The molecule has 0 spiro atoms. The Kier molecular flexibility index (Phi) is 8.24. The number of anilines is 2. The Labute approximate surface area is 224 Å². The van der Waals surface area contributed by atoms with Crippen LogP contribution in [0.3, 0.4) is 0 Å². The number of pyridine rings is 1. The number of aromatic nitrogens is 4. The van der Waals surface area contributed by atoms with Crippen LogP contribution in [-0.4, -0.2) is 40.5 Å². The number of amides is 2. The van der Waals surface area contributed by atoms with Crippen LogP contribution in [0.2, 0.25) is 30.7 Å². The molecule has 4 aromatic rings. The van der Waals surface area contributed by atoms with Gasteiger partial charge in [-0.05, 0) is 30.7 Å². The Balaban J connectivity index is 1.49. The Morgan fingerprint density at radius 3 is 2.58 bits per heavy atom. The maximum Gasteiger partial charge on any atom is 0.324 e. The minimum absolute atomic E-state index is 0.120. The van der Waals surface area contributed by atoms with E-state index in [1.165, 1.54) is 18.5 Å². The van der Waals surface area contributed by atoms with Crippen molar-refractivity contribution in [2.45, 2.75) is 39.3 Å². The van der Waals surface area contributed by atoms with Crippen LogP contribution >= 0.6 is 11.6 Å². The van der Waals surface area contributed by atoms with Gasteiger partial charge in [-0.2, -0.15) is 5.10 Å². The van der Waals surface area contributed by atoms with E-state index in [0.717, 1.165) is 23.7 Å². The molecule has 0 saturated heterocycles. The zero-order chi connectivity index (χ0) is 27.4. The number of hydrogen-bond acceptors (Lipinski definition) is 6. The summed E-state index contributed by atoms with van der Waals surface area (Å²) in [7, 11) is -1.24. The number of ether oxygens (including phenoxy) is 2. The zero-order valence-electron chi connectivity index (χ0n) is 21.3. The van der Waals surface area contributed by atoms with Crippen molar-refractivity contribution in [1.29, 1.82) is 0 Å². The number of rotatable bonds is 9. The van der Waals surface area contributed by atoms with E-state index < -0.39 is 31.5 Å². The van der Waals surface area contributed by atoms with E-state index in [-0.39, 0.29) is 24.0 Å². The van der Waals surface area contributed by atoms with Gasteiger partial charge in [0.2, 0.25) is 0 Å². The molecule has 2 amide bonds. The first-order valence-electron chi connectivity index (χ1n) is 11.8. The van der Waals surface area contributed by atoms with Crippen molar-refractivity contribution in [2.24, 2.45) is 0 Å². The number of nitrogens with zero attached hydrogens (tertiary/aromatic N) is 4. The minimum atomic E-state index is -1.24. The summed E-state index contributed by atoms with van der Waals surface area (Å²) in [4.78, 5) is 16.6. The van der Waals surface area contributed by atoms with E-state index >= 15 is 0 Å². The molecule has 200 valence electrons. The van der Waals surface area contributed by atoms with Crippen LogP contribution in [0, 0.1) is 18.6 Å². The molecule has 3 aromatic heterocycles. The Bertz CT molecular complexity index is 1450. The maximum absolute atomic E-state index is 14.9. The molecule has 2 N–H and O–H groups in total. The van der Waals surface area contributed by atoms with Crippen LogP contribution in [0.4, 0.5) is 25.1 Å². The predicted octanol–water partition coefficient (Wildman–Crippen LogP) is 6.81. The van der Waals surface area contributed by atoms with Gasteiger partial charge >= 0.3 is 6.03 Å². The zero-order valence-corrected chi connectivity index (χ0v) is 23.1. The molecule has 0 atom stereocenters. The lowest BCUT2D eigenvalue weighted by Gasteiger charge is -2.15. The van der Waals surface area contributed by atoms with Gasteiger partial charge in [0, 0.05) is 44.9 Å². The largest absolute Gasteiger partial charge is 0.450 e. The molecule has 0 aliphatic rings. The third-order valence-corrected chi connectivity index (χ3v) is 7.39. The van der Waals surface area contributed by atoms with Gasteiger partial charge in [0.1, 0.15) is 18.1 Å². The smallest absolute Gasteiger partial charge is 0.324 e. The number of carbonyl (C=O) groups excluding carboxylic acids is 1. The summed E-state index contributed by atoms with van der Waals surface area (Å²) in [6.45, 7) is 9.41. The molecule has 0 aliphatic carbocycles. The maximum atomic E-state index is 14.9. The number of aryl methyl sites for hydroxylation is 1. The monoisotopic (exact) mass is 560 g/mol. The summed E-state index contributed by atoms with van der Waals surface area (Å²) in [6.07, 6.45) is 4.61. The molecular weight excluding hydrogens is 534 g/mol. The van der Waals surface area contributed by atoms with Crippen LogP contribution in [0.1, 0.15) is 5.56 Å². The fourth-order valence-corrected chi connectivity index (χ4v) is 4.56. The topological polar surface area (TPSA) is 103 Å². The van der Waals surface area contributed by atoms with Crippen LogP contribution < -0.4 is 15.4 Å². The van der Waals surface area contributed by atoms with Crippen LogP contribution in [-0.2, 0) is 11.5 Å². The van der Waals surface area contributed by atoms with Crippen molar-refractivity contribution >= 4 is 48.2 Å². The van der Waals surface area contributed by atoms with Crippen molar-refractivity contribution in [2.75, 3.05) is 17.2 Å². The Morgan fingerprint density at radius 2 is 1.89 bits per heavy atom. The van der Waals surface area contributed by atoms with Gasteiger partial charge in [-0.3, -0.25) is 5.32 Å². The summed E-state index contributed by atoms with van der Waals surface area (Å²) < 4.78 is 42.9. The second-order valence-corrected chi connectivity index (χ2v) is 15.9. The number of hydrogen-bond donors (Lipinski definition) is 2. The number of carbonyl (C=O) groups is 1. The van der Waals surface area contributed by atoms with Gasteiger partial charge in [-0.25, -0.2) is 18.6 Å². The molecule has 4 rings (SSSR count). The van der Waals surface area contributed by atoms with Crippen LogP contribution in [0.15, 0.2) is 42.9 Å².